The molecule has 18 heavy (non-hydrogen) atoms. The van der Waals surface area contributed by atoms with Gasteiger partial charge in [-0.2, -0.15) is 0 Å². The Morgan fingerprint density at radius 1 is 1.28 bits per heavy atom. The number of benzene rings is 1. The number of nitro benzene ring substituents is 1. The molecule has 1 aliphatic rings. The van der Waals surface area contributed by atoms with Crippen molar-refractivity contribution in [3.63, 3.8) is 0 Å². The monoisotopic (exact) mass is 249 g/mol. The van der Waals surface area contributed by atoms with E-state index in [-0.39, 0.29) is 16.7 Å². The Morgan fingerprint density at radius 3 is 2.56 bits per heavy atom. The third-order valence-corrected chi connectivity index (χ3v) is 3.55. The van der Waals surface area contributed by atoms with Crippen molar-refractivity contribution in [3.05, 3.63) is 39.9 Å². The molecule has 1 fully saturated rings. The van der Waals surface area contributed by atoms with Gasteiger partial charge in [0.2, 0.25) is 0 Å². The van der Waals surface area contributed by atoms with E-state index < -0.39 is 0 Å². The first-order valence-corrected chi connectivity index (χ1v) is 6.41. The van der Waals surface area contributed by atoms with Crippen molar-refractivity contribution in [2.45, 2.75) is 25.3 Å². The molecule has 1 unspecified atom stereocenters. The van der Waals surface area contributed by atoms with Gasteiger partial charge in [-0.25, -0.2) is 0 Å². The molecule has 0 aromatic heterocycles. The predicted molar refractivity (Wildman–Crippen MR) is 70.3 cm³/mol. The number of piperidine rings is 1. The SMILES string of the molecule is NCC(c1ccccc1[N+](=O)[O-])N1CCCCC1. The number of hydrogen-bond donors (Lipinski definition) is 1. The molecule has 5 heteroatoms. The van der Waals surface area contributed by atoms with Crippen molar-refractivity contribution < 1.29 is 4.92 Å². The van der Waals surface area contributed by atoms with Crippen molar-refractivity contribution in [1.82, 2.24) is 4.90 Å². The van der Waals surface area contributed by atoms with E-state index in [1.54, 1.807) is 12.1 Å². The molecule has 1 aliphatic heterocycles. The van der Waals surface area contributed by atoms with Crippen LogP contribution in [0.5, 0.6) is 0 Å². The van der Waals surface area contributed by atoms with Gasteiger partial charge in [-0.1, -0.05) is 24.6 Å². The van der Waals surface area contributed by atoms with E-state index in [4.69, 9.17) is 5.73 Å². The Kier molecular flexibility index (Phi) is 4.28. The highest BCUT2D eigenvalue weighted by Gasteiger charge is 2.26. The van der Waals surface area contributed by atoms with Crippen molar-refractivity contribution in [1.29, 1.82) is 0 Å². The van der Waals surface area contributed by atoms with Crippen LogP contribution in [-0.2, 0) is 0 Å². The summed E-state index contributed by atoms with van der Waals surface area (Å²) in [6.07, 6.45) is 3.54. The van der Waals surface area contributed by atoms with Crippen LogP contribution in [-0.4, -0.2) is 29.5 Å². The molecule has 0 bridgehead atoms. The van der Waals surface area contributed by atoms with Crippen LogP contribution >= 0.6 is 0 Å². The second-order valence-corrected chi connectivity index (χ2v) is 4.66. The summed E-state index contributed by atoms with van der Waals surface area (Å²) in [7, 11) is 0. The van der Waals surface area contributed by atoms with E-state index in [0.717, 1.165) is 31.5 Å². The van der Waals surface area contributed by atoms with Crippen molar-refractivity contribution in [2.75, 3.05) is 19.6 Å². The minimum absolute atomic E-state index is 0.0353. The summed E-state index contributed by atoms with van der Waals surface area (Å²) in [5.41, 5.74) is 6.76. The molecule has 1 atom stereocenters. The minimum Gasteiger partial charge on any atom is -0.329 e. The van der Waals surface area contributed by atoms with Crippen molar-refractivity contribution in [3.8, 4) is 0 Å². The summed E-state index contributed by atoms with van der Waals surface area (Å²) in [6.45, 7) is 2.38. The second kappa shape index (κ2) is 5.93. The summed E-state index contributed by atoms with van der Waals surface area (Å²) in [5.74, 6) is 0. The average molecular weight is 249 g/mol. The summed E-state index contributed by atoms with van der Waals surface area (Å²) in [6, 6.07) is 6.89. The lowest BCUT2D eigenvalue weighted by molar-refractivity contribution is -0.386. The average Bonchev–Trinajstić information content (AvgIpc) is 2.41. The highest BCUT2D eigenvalue weighted by Crippen LogP contribution is 2.30. The molecule has 1 aromatic carbocycles. The summed E-state index contributed by atoms with van der Waals surface area (Å²) in [4.78, 5) is 13.0. The fourth-order valence-electron chi connectivity index (χ4n) is 2.64. The molecule has 1 aromatic rings. The number of nitrogens with two attached hydrogens (primary N) is 1. The predicted octanol–water partition coefficient (Wildman–Crippen LogP) is 2.08. The number of rotatable bonds is 4. The van der Waals surface area contributed by atoms with Crippen LogP contribution in [0.1, 0.15) is 30.9 Å². The summed E-state index contributed by atoms with van der Waals surface area (Å²) < 4.78 is 0. The van der Waals surface area contributed by atoms with Gasteiger partial charge in [-0.3, -0.25) is 15.0 Å². The fraction of sp³-hybridized carbons (Fsp3) is 0.538. The van der Waals surface area contributed by atoms with Crippen LogP contribution in [0.2, 0.25) is 0 Å². The van der Waals surface area contributed by atoms with Crippen molar-refractivity contribution >= 4 is 5.69 Å². The first-order valence-electron chi connectivity index (χ1n) is 6.41. The van der Waals surface area contributed by atoms with Gasteiger partial charge in [0, 0.05) is 18.2 Å². The molecule has 5 nitrogen and oxygen atoms in total. The molecule has 0 amide bonds. The van der Waals surface area contributed by atoms with E-state index >= 15 is 0 Å². The largest absolute Gasteiger partial charge is 0.329 e. The molecular formula is C13H19N3O2. The smallest absolute Gasteiger partial charge is 0.274 e. The zero-order valence-corrected chi connectivity index (χ0v) is 10.4. The molecule has 1 heterocycles. The molecule has 1 saturated heterocycles. The summed E-state index contributed by atoms with van der Waals surface area (Å²) >= 11 is 0. The van der Waals surface area contributed by atoms with E-state index in [1.807, 2.05) is 12.1 Å². The van der Waals surface area contributed by atoms with Crippen molar-refractivity contribution in [2.24, 2.45) is 5.73 Å². The lowest BCUT2D eigenvalue weighted by Crippen LogP contribution is -2.37. The Hall–Kier alpha value is -1.46. The van der Waals surface area contributed by atoms with Gasteiger partial charge in [0.1, 0.15) is 0 Å². The van der Waals surface area contributed by atoms with E-state index in [2.05, 4.69) is 4.90 Å². The van der Waals surface area contributed by atoms with Crippen LogP contribution in [0.25, 0.3) is 0 Å². The zero-order chi connectivity index (χ0) is 13.0. The minimum atomic E-state index is -0.318. The molecular weight excluding hydrogens is 230 g/mol. The molecule has 0 saturated carbocycles. The van der Waals surface area contributed by atoms with Crippen LogP contribution < -0.4 is 5.73 Å². The van der Waals surface area contributed by atoms with Gasteiger partial charge in [0.15, 0.2) is 0 Å². The van der Waals surface area contributed by atoms with E-state index in [0.29, 0.717) is 6.54 Å². The van der Waals surface area contributed by atoms with Gasteiger partial charge < -0.3 is 5.73 Å². The zero-order valence-electron chi connectivity index (χ0n) is 10.4. The molecule has 2 rings (SSSR count). The maximum Gasteiger partial charge on any atom is 0.274 e. The molecule has 0 aliphatic carbocycles. The maximum absolute atomic E-state index is 11.1. The summed E-state index contributed by atoms with van der Waals surface area (Å²) in [5, 5.41) is 11.1. The lowest BCUT2D eigenvalue weighted by atomic mass is 10.0. The highest BCUT2D eigenvalue weighted by atomic mass is 16.6. The number of nitro groups is 1. The Labute approximate surface area is 107 Å². The number of nitrogens with zero attached hydrogens (tertiary/aromatic N) is 2. The molecule has 0 spiro atoms. The first-order chi connectivity index (χ1) is 8.74. The lowest BCUT2D eigenvalue weighted by Gasteiger charge is -2.33. The Bertz CT molecular complexity index is 416. The number of para-hydroxylation sites is 1. The Morgan fingerprint density at radius 2 is 1.94 bits per heavy atom. The number of likely N-dealkylation sites (tertiary alicyclic amines) is 1. The molecule has 2 N–H and O–H groups in total. The topological polar surface area (TPSA) is 72.4 Å². The van der Waals surface area contributed by atoms with Crippen LogP contribution in [0.15, 0.2) is 24.3 Å². The van der Waals surface area contributed by atoms with E-state index in [1.165, 1.54) is 6.42 Å². The normalized spacial score (nSPS) is 18.5. The molecule has 98 valence electrons. The van der Waals surface area contributed by atoms with Gasteiger partial charge in [-0.15, -0.1) is 0 Å². The second-order valence-electron chi connectivity index (χ2n) is 4.66. The quantitative estimate of drug-likeness (QED) is 0.655. The van der Waals surface area contributed by atoms with Crippen LogP contribution in [0.4, 0.5) is 5.69 Å². The third-order valence-electron chi connectivity index (χ3n) is 3.55. The van der Waals surface area contributed by atoms with Crippen LogP contribution in [0.3, 0.4) is 0 Å². The van der Waals surface area contributed by atoms with Gasteiger partial charge in [-0.05, 0) is 25.9 Å². The Balaban J connectivity index is 2.28. The standard InChI is InChI=1S/C13H19N3O2/c14-10-13(15-8-4-1-5-9-15)11-6-2-3-7-12(11)16(17)18/h2-3,6-7,13H,1,4-5,8-10,14H2. The van der Waals surface area contributed by atoms with Gasteiger partial charge >= 0.3 is 0 Å². The highest BCUT2D eigenvalue weighted by molar-refractivity contribution is 5.42. The van der Waals surface area contributed by atoms with Gasteiger partial charge in [0.25, 0.3) is 5.69 Å². The van der Waals surface area contributed by atoms with E-state index in [9.17, 15) is 10.1 Å². The first kappa shape index (κ1) is 13.0. The van der Waals surface area contributed by atoms with Crippen LogP contribution in [0, 0.1) is 10.1 Å². The third kappa shape index (κ3) is 2.68. The fourth-order valence-corrected chi connectivity index (χ4v) is 2.64. The molecule has 0 radical (unpaired) electrons. The number of hydrogen-bond acceptors (Lipinski definition) is 4. The van der Waals surface area contributed by atoms with Gasteiger partial charge in [0.05, 0.1) is 11.0 Å². The maximum atomic E-state index is 11.1.